The molecule has 0 aromatic heterocycles. The van der Waals surface area contributed by atoms with E-state index in [1.54, 1.807) is 6.07 Å². The molecule has 1 fully saturated rings. The fourth-order valence-electron chi connectivity index (χ4n) is 4.59. The van der Waals surface area contributed by atoms with E-state index in [1.807, 2.05) is 19.1 Å². The second kappa shape index (κ2) is 11.9. The fourth-order valence-corrected chi connectivity index (χ4v) is 6.02. The molecule has 198 valence electrons. The van der Waals surface area contributed by atoms with Gasteiger partial charge in [0, 0.05) is 24.8 Å². The molecule has 1 saturated carbocycles. The summed E-state index contributed by atoms with van der Waals surface area (Å²) in [7, 11) is -0.466. The van der Waals surface area contributed by atoms with E-state index in [0.29, 0.717) is 11.6 Å². The van der Waals surface area contributed by atoms with Gasteiger partial charge in [-0.3, -0.25) is 14.9 Å². The van der Waals surface area contributed by atoms with Crippen LogP contribution in [0.4, 0.5) is 11.4 Å². The third kappa shape index (κ3) is 7.77. The predicted molar refractivity (Wildman–Crippen MR) is 145 cm³/mol. The van der Waals surface area contributed by atoms with Gasteiger partial charge in [0.2, 0.25) is 0 Å². The standard InChI is InChI=1S/C27H46N2O5Si/c1-19(2)18-28(22-11-13-23(14-12-22)34-35(8,9)27(4,5)6)24-15-10-21(17-25(24)29(31)32)20(3)16-26(30)33-7/h10,15,17,19-20,22-23H,11-14,16,18H2,1-9H3/t20-,22?,23?/m1/s1. The van der Waals surface area contributed by atoms with E-state index in [9.17, 15) is 14.9 Å². The Kier molecular flexibility index (Phi) is 9.93. The van der Waals surface area contributed by atoms with Crippen molar-refractivity contribution in [3.63, 3.8) is 0 Å². The predicted octanol–water partition coefficient (Wildman–Crippen LogP) is 7.06. The van der Waals surface area contributed by atoms with Crippen LogP contribution in [0.1, 0.15) is 85.1 Å². The van der Waals surface area contributed by atoms with Crippen LogP contribution in [0.2, 0.25) is 18.1 Å². The number of carbonyl (C=O) groups excluding carboxylic acids is 1. The maximum atomic E-state index is 12.1. The lowest BCUT2D eigenvalue weighted by Crippen LogP contribution is -2.47. The molecule has 0 N–H and O–H groups in total. The lowest BCUT2D eigenvalue weighted by Gasteiger charge is -2.43. The van der Waals surface area contributed by atoms with Gasteiger partial charge < -0.3 is 14.1 Å². The van der Waals surface area contributed by atoms with Crippen LogP contribution < -0.4 is 4.90 Å². The van der Waals surface area contributed by atoms with Crippen LogP contribution in [0.25, 0.3) is 0 Å². The van der Waals surface area contributed by atoms with Gasteiger partial charge in [0.25, 0.3) is 5.69 Å². The van der Waals surface area contributed by atoms with Crippen molar-refractivity contribution in [1.82, 2.24) is 0 Å². The number of nitro groups is 1. The molecule has 1 atom stereocenters. The molecule has 2 rings (SSSR count). The summed E-state index contributed by atoms with van der Waals surface area (Å²) in [6, 6.07) is 5.69. The molecular weight excluding hydrogens is 460 g/mol. The minimum Gasteiger partial charge on any atom is -0.469 e. The first-order chi connectivity index (χ1) is 16.2. The number of hydrogen-bond donors (Lipinski definition) is 0. The molecule has 35 heavy (non-hydrogen) atoms. The molecule has 0 radical (unpaired) electrons. The lowest BCUT2D eigenvalue weighted by molar-refractivity contribution is -0.384. The summed E-state index contributed by atoms with van der Waals surface area (Å²) in [4.78, 5) is 25.8. The van der Waals surface area contributed by atoms with Crippen LogP contribution in [0.5, 0.6) is 0 Å². The second-order valence-corrected chi connectivity index (χ2v) is 16.8. The molecule has 0 bridgehead atoms. The highest BCUT2D eigenvalue weighted by atomic mass is 28.4. The Morgan fingerprint density at radius 2 is 1.77 bits per heavy atom. The van der Waals surface area contributed by atoms with Crippen molar-refractivity contribution in [2.75, 3.05) is 18.6 Å². The number of hydrogen-bond acceptors (Lipinski definition) is 6. The number of benzene rings is 1. The van der Waals surface area contributed by atoms with Crippen molar-refractivity contribution in [3.05, 3.63) is 33.9 Å². The van der Waals surface area contributed by atoms with Gasteiger partial charge >= 0.3 is 5.97 Å². The zero-order chi connectivity index (χ0) is 26.6. The van der Waals surface area contributed by atoms with Crippen molar-refractivity contribution in [2.45, 2.75) is 110 Å². The number of esters is 1. The molecule has 8 heteroatoms. The van der Waals surface area contributed by atoms with Gasteiger partial charge in [-0.1, -0.05) is 47.6 Å². The summed E-state index contributed by atoms with van der Waals surface area (Å²) < 4.78 is 11.5. The number of rotatable bonds is 10. The topological polar surface area (TPSA) is 81.9 Å². The number of nitro benzene ring substituents is 1. The fraction of sp³-hybridized carbons (Fsp3) is 0.741. The number of carbonyl (C=O) groups is 1. The normalized spacial score (nSPS) is 19.9. The number of nitrogens with zero attached hydrogens (tertiary/aromatic N) is 2. The van der Waals surface area contributed by atoms with Crippen molar-refractivity contribution in [1.29, 1.82) is 0 Å². The molecule has 1 aromatic rings. The smallest absolute Gasteiger partial charge is 0.306 e. The largest absolute Gasteiger partial charge is 0.469 e. The summed E-state index contributed by atoms with van der Waals surface area (Å²) in [5.74, 6) is -0.104. The molecule has 1 aromatic carbocycles. The highest BCUT2D eigenvalue weighted by molar-refractivity contribution is 6.74. The molecule has 1 aliphatic carbocycles. The van der Waals surface area contributed by atoms with E-state index in [-0.39, 0.29) is 46.1 Å². The van der Waals surface area contributed by atoms with E-state index >= 15 is 0 Å². The lowest BCUT2D eigenvalue weighted by atomic mass is 9.90. The monoisotopic (exact) mass is 506 g/mol. The molecule has 0 amide bonds. The maximum absolute atomic E-state index is 12.1. The van der Waals surface area contributed by atoms with Crippen LogP contribution in [0, 0.1) is 16.0 Å². The van der Waals surface area contributed by atoms with Gasteiger partial charge in [-0.25, -0.2) is 0 Å². The quantitative estimate of drug-likeness (QED) is 0.146. The summed E-state index contributed by atoms with van der Waals surface area (Å²) in [6.45, 7) is 18.4. The molecular formula is C27H46N2O5Si. The van der Waals surface area contributed by atoms with E-state index < -0.39 is 8.32 Å². The average molecular weight is 507 g/mol. The highest BCUT2D eigenvalue weighted by Gasteiger charge is 2.40. The number of anilines is 1. The zero-order valence-electron chi connectivity index (χ0n) is 23.2. The maximum Gasteiger partial charge on any atom is 0.306 e. The van der Waals surface area contributed by atoms with Gasteiger partial charge in [0.1, 0.15) is 5.69 Å². The summed E-state index contributed by atoms with van der Waals surface area (Å²) >= 11 is 0. The minimum absolute atomic E-state index is 0.111. The van der Waals surface area contributed by atoms with Crippen LogP contribution in [0.15, 0.2) is 18.2 Å². The van der Waals surface area contributed by atoms with Crippen LogP contribution in [-0.4, -0.2) is 45.0 Å². The molecule has 0 saturated heterocycles. The summed E-state index contributed by atoms with van der Waals surface area (Å²) in [5.41, 5.74) is 1.56. The van der Waals surface area contributed by atoms with Crippen molar-refractivity contribution < 1.29 is 18.9 Å². The van der Waals surface area contributed by atoms with E-state index in [0.717, 1.165) is 37.8 Å². The Hall–Kier alpha value is -1.93. The molecule has 0 spiro atoms. The van der Waals surface area contributed by atoms with Gasteiger partial charge in [-0.05, 0) is 67.3 Å². The molecule has 0 heterocycles. The van der Waals surface area contributed by atoms with Crippen LogP contribution in [-0.2, 0) is 14.0 Å². The highest BCUT2D eigenvalue weighted by Crippen LogP contribution is 2.41. The Labute approximate surface area is 212 Å². The van der Waals surface area contributed by atoms with E-state index in [2.05, 4.69) is 52.6 Å². The SMILES string of the molecule is COC(=O)C[C@@H](C)c1ccc(N(CC(C)C)C2CCC(O[Si](C)(C)C(C)(C)C)CC2)c([N+](=O)[O-])c1. The van der Waals surface area contributed by atoms with Crippen LogP contribution >= 0.6 is 0 Å². The first kappa shape index (κ1) is 29.3. The third-order valence-corrected chi connectivity index (χ3v) is 12.2. The van der Waals surface area contributed by atoms with Crippen molar-refractivity contribution in [3.8, 4) is 0 Å². The van der Waals surface area contributed by atoms with Crippen LogP contribution in [0.3, 0.4) is 0 Å². The third-order valence-electron chi connectivity index (χ3n) is 7.69. The Morgan fingerprint density at radius 3 is 2.26 bits per heavy atom. The first-order valence-electron chi connectivity index (χ1n) is 13.0. The second-order valence-electron chi connectivity index (χ2n) is 12.0. The average Bonchev–Trinajstić information content (AvgIpc) is 2.76. The van der Waals surface area contributed by atoms with E-state index in [1.165, 1.54) is 7.11 Å². The zero-order valence-corrected chi connectivity index (χ0v) is 24.2. The Morgan fingerprint density at radius 1 is 1.17 bits per heavy atom. The molecule has 0 unspecified atom stereocenters. The van der Waals surface area contributed by atoms with Gasteiger partial charge in [-0.15, -0.1) is 0 Å². The first-order valence-corrected chi connectivity index (χ1v) is 15.9. The molecule has 7 nitrogen and oxygen atoms in total. The van der Waals surface area contributed by atoms with Crippen molar-refractivity contribution in [2.24, 2.45) is 5.92 Å². The van der Waals surface area contributed by atoms with Gasteiger partial charge in [-0.2, -0.15) is 0 Å². The van der Waals surface area contributed by atoms with Gasteiger partial charge in [0.05, 0.1) is 18.5 Å². The summed E-state index contributed by atoms with van der Waals surface area (Å²) in [5, 5.41) is 12.3. The van der Waals surface area contributed by atoms with Crippen molar-refractivity contribution >= 4 is 25.7 Å². The minimum atomic E-state index is -1.82. The Balaban J connectivity index is 2.26. The summed E-state index contributed by atoms with van der Waals surface area (Å²) in [6.07, 6.45) is 4.35. The molecule has 1 aliphatic rings. The van der Waals surface area contributed by atoms with Gasteiger partial charge in [0.15, 0.2) is 8.32 Å². The number of methoxy groups -OCH3 is 1. The van der Waals surface area contributed by atoms with E-state index in [4.69, 9.17) is 9.16 Å². The number of ether oxygens (including phenoxy) is 1. The Bertz CT molecular complexity index is 873. The molecule has 0 aliphatic heterocycles.